The maximum atomic E-state index is 12.4. The van der Waals surface area contributed by atoms with E-state index in [-0.39, 0.29) is 11.8 Å². The molecule has 0 aromatic heterocycles. The number of amides is 2. The molecule has 144 valence electrons. The summed E-state index contributed by atoms with van der Waals surface area (Å²) in [6, 6.07) is 7.75. The molecule has 2 aliphatic rings. The predicted molar refractivity (Wildman–Crippen MR) is 109 cm³/mol. The van der Waals surface area contributed by atoms with Crippen LogP contribution in [0.2, 0.25) is 0 Å². The summed E-state index contributed by atoms with van der Waals surface area (Å²) >= 11 is 1.40. The van der Waals surface area contributed by atoms with Gasteiger partial charge in [-0.1, -0.05) is 31.5 Å². The third-order valence-corrected chi connectivity index (χ3v) is 5.61. The van der Waals surface area contributed by atoms with Crippen LogP contribution in [0.15, 0.2) is 34.2 Å². The SMILES string of the molecule is CCCCOc1ccccc1/C=C1/SC(N2CCN(C(C)=O)CC2)=NC1=O. The van der Waals surface area contributed by atoms with Crippen molar-refractivity contribution in [3.8, 4) is 5.75 Å². The van der Waals surface area contributed by atoms with E-state index in [1.165, 1.54) is 11.8 Å². The number of piperazine rings is 1. The van der Waals surface area contributed by atoms with Crippen molar-refractivity contribution in [1.29, 1.82) is 0 Å². The number of thioether (sulfide) groups is 1. The molecule has 0 unspecified atom stereocenters. The van der Waals surface area contributed by atoms with Crippen molar-refractivity contribution in [3.05, 3.63) is 34.7 Å². The van der Waals surface area contributed by atoms with Crippen molar-refractivity contribution >= 4 is 34.8 Å². The molecule has 2 aliphatic heterocycles. The van der Waals surface area contributed by atoms with E-state index in [1.807, 2.05) is 35.2 Å². The molecule has 0 N–H and O–H groups in total. The van der Waals surface area contributed by atoms with Crippen LogP contribution in [0.1, 0.15) is 32.3 Å². The summed E-state index contributed by atoms with van der Waals surface area (Å²) in [5.74, 6) is 0.662. The smallest absolute Gasteiger partial charge is 0.286 e. The molecular formula is C20H25N3O3S. The molecule has 0 radical (unpaired) electrons. The van der Waals surface area contributed by atoms with Gasteiger partial charge in [0.05, 0.1) is 11.5 Å². The standard InChI is InChI=1S/C20H25N3O3S/c1-3-4-13-26-17-8-6-5-7-16(17)14-18-19(25)21-20(27-18)23-11-9-22(10-12-23)15(2)24/h5-8,14H,3-4,9-13H2,1-2H3/b18-14+. The second kappa shape index (κ2) is 9.08. The zero-order chi connectivity index (χ0) is 19.2. The van der Waals surface area contributed by atoms with E-state index in [0.717, 1.165) is 29.3 Å². The summed E-state index contributed by atoms with van der Waals surface area (Å²) < 4.78 is 5.85. The molecule has 2 heterocycles. The van der Waals surface area contributed by atoms with Crippen LogP contribution >= 0.6 is 11.8 Å². The van der Waals surface area contributed by atoms with Crippen molar-refractivity contribution in [2.75, 3.05) is 32.8 Å². The lowest BCUT2D eigenvalue weighted by Gasteiger charge is -2.34. The van der Waals surface area contributed by atoms with Gasteiger partial charge in [0.2, 0.25) is 5.91 Å². The molecule has 0 aliphatic carbocycles. The van der Waals surface area contributed by atoms with Crippen LogP contribution in [0.25, 0.3) is 6.08 Å². The Morgan fingerprint density at radius 3 is 2.70 bits per heavy atom. The molecule has 1 saturated heterocycles. The van der Waals surface area contributed by atoms with Gasteiger partial charge < -0.3 is 14.5 Å². The normalized spacial score (nSPS) is 18.8. The number of ether oxygens (including phenoxy) is 1. The van der Waals surface area contributed by atoms with Crippen LogP contribution in [-0.2, 0) is 9.59 Å². The van der Waals surface area contributed by atoms with Gasteiger partial charge in [-0.25, -0.2) is 0 Å². The molecule has 2 amide bonds. The van der Waals surface area contributed by atoms with Gasteiger partial charge in [-0.3, -0.25) is 9.59 Å². The number of aliphatic imine (C=N–C) groups is 1. The Morgan fingerprint density at radius 1 is 1.26 bits per heavy atom. The Balaban J connectivity index is 1.67. The number of benzene rings is 1. The molecule has 1 aromatic rings. The fraction of sp³-hybridized carbons (Fsp3) is 0.450. The molecule has 1 aromatic carbocycles. The van der Waals surface area contributed by atoms with E-state index in [1.54, 1.807) is 6.92 Å². The number of unbranched alkanes of at least 4 members (excludes halogenated alkanes) is 1. The first kappa shape index (κ1) is 19.5. The van der Waals surface area contributed by atoms with Gasteiger partial charge in [0.15, 0.2) is 5.17 Å². The third-order valence-electron chi connectivity index (χ3n) is 4.57. The number of hydrogen-bond donors (Lipinski definition) is 0. The predicted octanol–water partition coefficient (Wildman–Crippen LogP) is 3.00. The molecule has 0 bridgehead atoms. The van der Waals surface area contributed by atoms with Crippen LogP contribution in [0.5, 0.6) is 5.75 Å². The number of hydrogen-bond acceptors (Lipinski definition) is 5. The summed E-state index contributed by atoms with van der Waals surface area (Å²) in [6.07, 6.45) is 3.93. The zero-order valence-corrected chi connectivity index (χ0v) is 16.6. The Bertz CT molecular complexity index is 767. The van der Waals surface area contributed by atoms with Crippen LogP contribution in [-0.4, -0.2) is 59.6 Å². The van der Waals surface area contributed by atoms with Crippen molar-refractivity contribution < 1.29 is 14.3 Å². The highest BCUT2D eigenvalue weighted by Gasteiger charge is 2.29. The van der Waals surface area contributed by atoms with E-state index in [4.69, 9.17) is 4.74 Å². The van der Waals surface area contributed by atoms with Crippen molar-refractivity contribution in [3.63, 3.8) is 0 Å². The lowest BCUT2D eigenvalue weighted by Crippen LogP contribution is -2.49. The highest BCUT2D eigenvalue weighted by atomic mass is 32.2. The minimum atomic E-state index is -0.215. The lowest BCUT2D eigenvalue weighted by atomic mass is 10.2. The van der Waals surface area contributed by atoms with E-state index in [9.17, 15) is 9.59 Å². The van der Waals surface area contributed by atoms with Gasteiger partial charge in [0, 0.05) is 38.7 Å². The minimum Gasteiger partial charge on any atom is -0.493 e. The zero-order valence-electron chi connectivity index (χ0n) is 15.8. The van der Waals surface area contributed by atoms with Gasteiger partial charge in [-0.15, -0.1) is 0 Å². The molecule has 0 spiro atoms. The highest BCUT2D eigenvalue weighted by molar-refractivity contribution is 8.18. The monoisotopic (exact) mass is 387 g/mol. The summed E-state index contributed by atoms with van der Waals surface area (Å²) in [4.78, 5) is 32.5. The Hall–Kier alpha value is -2.28. The van der Waals surface area contributed by atoms with Crippen LogP contribution in [0.4, 0.5) is 0 Å². The first-order valence-electron chi connectivity index (χ1n) is 9.33. The van der Waals surface area contributed by atoms with Crippen LogP contribution < -0.4 is 4.74 Å². The Labute approximate surface area is 164 Å². The number of nitrogens with zero attached hydrogens (tertiary/aromatic N) is 3. The number of rotatable bonds is 5. The average Bonchev–Trinajstić information content (AvgIpc) is 3.04. The van der Waals surface area contributed by atoms with Crippen molar-refractivity contribution in [2.24, 2.45) is 4.99 Å². The summed E-state index contributed by atoms with van der Waals surface area (Å²) in [5.41, 5.74) is 0.891. The van der Waals surface area contributed by atoms with Gasteiger partial charge in [-0.2, -0.15) is 4.99 Å². The maximum absolute atomic E-state index is 12.4. The second-order valence-corrected chi connectivity index (χ2v) is 7.55. The Morgan fingerprint density at radius 2 is 2.00 bits per heavy atom. The topological polar surface area (TPSA) is 62.2 Å². The van der Waals surface area contributed by atoms with Crippen molar-refractivity contribution in [2.45, 2.75) is 26.7 Å². The first-order chi connectivity index (χ1) is 13.1. The summed E-state index contributed by atoms with van der Waals surface area (Å²) in [6.45, 7) is 7.10. The van der Waals surface area contributed by atoms with Gasteiger partial charge in [0.1, 0.15) is 5.75 Å². The van der Waals surface area contributed by atoms with Gasteiger partial charge in [-0.05, 0) is 30.3 Å². The largest absolute Gasteiger partial charge is 0.493 e. The fourth-order valence-electron chi connectivity index (χ4n) is 2.94. The number of carbonyl (C=O) groups excluding carboxylic acids is 2. The minimum absolute atomic E-state index is 0.0898. The van der Waals surface area contributed by atoms with Crippen LogP contribution in [0.3, 0.4) is 0 Å². The maximum Gasteiger partial charge on any atom is 0.286 e. The van der Waals surface area contributed by atoms with Crippen LogP contribution in [0, 0.1) is 0 Å². The molecular weight excluding hydrogens is 362 g/mol. The summed E-state index contributed by atoms with van der Waals surface area (Å²) in [5, 5.41) is 0.721. The quantitative estimate of drug-likeness (QED) is 0.574. The molecule has 3 rings (SSSR count). The summed E-state index contributed by atoms with van der Waals surface area (Å²) in [7, 11) is 0. The average molecular weight is 388 g/mol. The second-order valence-electron chi connectivity index (χ2n) is 6.54. The third kappa shape index (κ3) is 4.91. The Kier molecular flexibility index (Phi) is 6.55. The molecule has 7 heteroatoms. The number of carbonyl (C=O) groups is 2. The number of para-hydroxylation sites is 1. The van der Waals surface area contributed by atoms with E-state index >= 15 is 0 Å². The van der Waals surface area contributed by atoms with Gasteiger partial charge in [0.25, 0.3) is 5.91 Å². The fourth-order valence-corrected chi connectivity index (χ4v) is 3.90. The van der Waals surface area contributed by atoms with E-state index < -0.39 is 0 Å². The van der Waals surface area contributed by atoms with Crippen molar-refractivity contribution in [1.82, 2.24) is 9.80 Å². The van der Waals surface area contributed by atoms with E-state index in [0.29, 0.717) is 37.7 Å². The highest BCUT2D eigenvalue weighted by Crippen LogP contribution is 2.32. The molecule has 0 atom stereocenters. The lowest BCUT2D eigenvalue weighted by molar-refractivity contribution is -0.130. The molecule has 6 nitrogen and oxygen atoms in total. The van der Waals surface area contributed by atoms with Gasteiger partial charge >= 0.3 is 0 Å². The first-order valence-corrected chi connectivity index (χ1v) is 10.1. The molecule has 0 saturated carbocycles. The molecule has 1 fully saturated rings. The van der Waals surface area contributed by atoms with E-state index in [2.05, 4.69) is 16.8 Å². The number of amidine groups is 1. The molecule has 27 heavy (non-hydrogen) atoms.